The van der Waals surface area contributed by atoms with Gasteiger partial charge >= 0.3 is 6.18 Å². The molecular weight excluding hydrogens is 481 g/mol. The molecule has 0 aliphatic carbocycles. The Morgan fingerprint density at radius 2 is 1.84 bits per heavy atom. The van der Waals surface area contributed by atoms with E-state index in [0.717, 1.165) is 29.9 Å². The summed E-state index contributed by atoms with van der Waals surface area (Å²) in [5.41, 5.74) is 3.71. The van der Waals surface area contributed by atoms with Crippen LogP contribution in [0.4, 0.5) is 18.9 Å². The molecule has 5 rings (SSSR count). The van der Waals surface area contributed by atoms with E-state index in [0.29, 0.717) is 33.4 Å². The molecule has 3 heterocycles. The number of anilines is 1. The number of nitrogens with zero attached hydrogens (tertiary/aromatic N) is 5. The van der Waals surface area contributed by atoms with Crippen molar-refractivity contribution >= 4 is 22.5 Å². The first-order chi connectivity index (χ1) is 17.7. The minimum Gasteiger partial charge on any atom is -0.319 e. The third kappa shape index (κ3) is 4.95. The molecule has 1 amide bonds. The Bertz CT molecular complexity index is 1600. The van der Waals surface area contributed by atoms with Crippen LogP contribution in [0, 0.1) is 6.92 Å². The smallest absolute Gasteiger partial charge is 0.319 e. The molecule has 0 radical (unpaired) electrons. The van der Waals surface area contributed by atoms with Gasteiger partial charge in [-0.2, -0.15) is 23.4 Å². The highest BCUT2D eigenvalue weighted by Gasteiger charge is 2.30. The molecule has 37 heavy (non-hydrogen) atoms. The average Bonchev–Trinajstić information content (AvgIpc) is 3.48. The highest BCUT2D eigenvalue weighted by molar-refractivity contribution is 6.13. The number of alkyl halides is 3. The highest BCUT2D eigenvalue weighted by Crippen LogP contribution is 2.30. The van der Waals surface area contributed by atoms with Crippen molar-refractivity contribution in [2.24, 2.45) is 0 Å². The topological polar surface area (TPSA) is 77.6 Å². The Kier molecular flexibility index (Phi) is 6.24. The van der Waals surface area contributed by atoms with Crippen LogP contribution in [-0.2, 0) is 19.3 Å². The number of halogens is 3. The van der Waals surface area contributed by atoms with Crippen LogP contribution in [0.2, 0.25) is 0 Å². The number of fused-ring (bicyclic) bond motifs is 1. The van der Waals surface area contributed by atoms with E-state index in [-0.39, 0.29) is 12.5 Å². The molecule has 3 aromatic heterocycles. The Hall–Kier alpha value is -4.47. The van der Waals surface area contributed by atoms with E-state index < -0.39 is 11.7 Å². The van der Waals surface area contributed by atoms with Crippen LogP contribution in [0.1, 0.15) is 34.1 Å². The van der Waals surface area contributed by atoms with E-state index in [1.165, 1.54) is 16.9 Å². The maximum Gasteiger partial charge on any atom is 0.416 e. The van der Waals surface area contributed by atoms with E-state index in [4.69, 9.17) is 4.98 Å². The molecule has 2 aromatic carbocycles. The standard InChI is InChI=1S/C27H23F3N6O/c1-3-36-17(2)23(14-32-36)25-12-22(21-9-4-5-10-24(21)34-25)26(37)33-20-13-31-35(16-20)15-18-7-6-8-19(11-18)27(28,29)30/h4-14,16H,3,15H2,1-2H3,(H,33,37). The van der Waals surface area contributed by atoms with Crippen LogP contribution in [0.25, 0.3) is 22.2 Å². The maximum absolute atomic E-state index is 13.4. The summed E-state index contributed by atoms with van der Waals surface area (Å²) < 4.78 is 42.4. The summed E-state index contributed by atoms with van der Waals surface area (Å²) in [5.74, 6) is -0.348. The van der Waals surface area contributed by atoms with E-state index in [2.05, 4.69) is 15.5 Å². The zero-order valence-electron chi connectivity index (χ0n) is 20.1. The zero-order valence-corrected chi connectivity index (χ0v) is 20.1. The number of para-hydroxylation sites is 1. The molecule has 0 spiro atoms. The number of pyridine rings is 1. The number of rotatable bonds is 6. The number of aryl methyl sites for hydroxylation is 1. The number of carbonyl (C=O) groups is 1. The molecule has 5 aromatic rings. The number of aromatic nitrogens is 5. The minimum absolute atomic E-state index is 0.128. The lowest BCUT2D eigenvalue weighted by Crippen LogP contribution is -2.13. The summed E-state index contributed by atoms with van der Waals surface area (Å²) in [6.07, 6.45) is 0.373. The van der Waals surface area contributed by atoms with Crippen LogP contribution >= 0.6 is 0 Å². The van der Waals surface area contributed by atoms with Gasteiger partial charge in [-0.3, -0.25) is 14.2 Å². The largest absolute Gasteiger partial charge is 0.416 e. The Morgan fingerprint density at radius 3 is 2.59 bits per heavy atom. The third-order valence-corrected chi connectivity index (χ3v) is 6.13. The van der Waals surface area contributed by atoms with Gasteiger partial charge in [0.05, 0.1) is 47.0 Å². The fourth-order valence-electron chi connectivity index (χ4n) is 4.26. The van der Waals surface area contributed by atoms with Gasteiger partial charge in [0.1, 0.15) is 0 Å². The maximum atomic E-state index is 13.4. The molecule has 0 aliphatic heterocycles. The molecule has 10 heteroatoms. The van der Waals surface area contributed by atoms with Crippen molar-refractivity contribution in [2.45, 2.75) is 33.1 Å². The predicted molar refractivity (Wildman–Crippen MR) is 134 cm³/mol. The zero-order chi connectivity index (χ0) is 26.2. The van der Waals surface area contributed by atoms with E-state index in [9.17, 15) is 18.0 Å². The summed E-state index contributed by atoms with van der Waals surface area (Å²) in [7, 11) is 0. The normalized spacial score (nSPS) is 11.7. The van der Waals surface area contributed by atoms with Gasteiger partial charge in [-0.1, -0.05) is 30.3 Å². The van der Waals surface area contributed by atoms with Crippen molar-refractivity contribution in [1.29, 1.82) is 0 Å². The molecule has 0 unspecified atom stereocenters. The molecular formula is C27H23F3N6O. The Labute approximate surface area is 210 Å². The van der Waals surface area contributed by atoms with Gasteiger partial charge in [-0.25, -0.2) is 4.98 Å². The number of amides is 1. The van der Waals surface area contributed by atoms with E-state index >= 15 is 0 Å². The van der Waals surface area contributed by atoms with E-state index in [1.54, 1.807) is 24.5 Å². The third-order valence-electron chi connectivity index (χ3n) is 6.13. The van der Waals surface area contributed by atoms with Crippen molar-refractivity contribution in [3.05, 3.63) is 95.6 Å². The Morgan fingerprint density at radius 1 is 1.03 bits per heavy atom. The second-order valence-corrected chi connectivity index (χ2v) is 8.61. The van der Waals surface area contributed by atoms with E-state index in [1.807, 2.05) is 42.8 Å². The lowest BCUT2D eigenvalue weighted by Gasteiger charge is -2.10. The fourth-order valence-corrected chi connectivity index (χ4v) is 4.26. The van der Waals surface area contributed by atoms with Crippen molar-refractivity contribution in [3.63, 3.8) is 0 Å². The SMILES string of the molecule is CCn1ncc(-c2cc(C(=O)Nc3cnn(Cc4cccc(C(F)(F)F)c4)c3)c3ccccc3n2)c1C. The number of nitrogens with one attached hydrogen (secondary N) is 1. The van der Waals surface area contributed by atoms with Crippen molar-refractivity contribution in [3.8, 4) is 11.3 Å². The lowest BCUT2D eigenvalue weighted by atomic mass is 10.0. The van der Waals surface area contributed by atoms with Gasteiger partial charge in [-0.05, 0) is 43.7 Å². The molecule has 0 atom stereocenters. The molecule has 0 fully saturated rings. The molecule has 1 N–H and O–H groups in total. The summed E-state index contributed by atoms with van der Waals surface area (Å²) in [6.45, 7) is 4.81. The van der Waals surface area contributed by atoms with Crippen molar-refractivity contribution < 1.29 is 18.0 Å². The monoisotopic (exact) mass is 504 g/mol. The fraction of sp³-hybridized carbons (Fsp3) is 0.185. The van der Waals surface area contributed by atoms with Crippen molar-refractivity contribution in [1.82, 2.24) is 24.5 Å². The highest BCUT2D eigenvalue weighted by atomic mass is 19.4. The van der Waals surface area contributed by atoms with Crippen LogP contribution in [0.5, 0.6) is 0 Å². The summed E-state index contributed by atoms with van der Waals surface area (Å²) in [4.78, 5) is 18.1. The summed E-state index contributed by atoms with van der Waals surface area (Å²) in [6, 6.07) is 14.2. The van der Waals surface area contributed by atoms with Gasteiger partial charge in [0.15, 0.2) is 0 Å². The van der Waals surface area contributed by atoms with Gasteiger partial charge in [0, 0.05) is 29.4 Å². The summed E-state index contributed by atoms with van der Waals surface area (Å²) in [5, 5.41) is 12.1. The van der Waals surface area contributed by atoms with Gasteiger partial charge < -0.3 is 5.32 Å². The minimum atomic E-state index is -4.42. The van der Waals surface area contributed by atoms with Crippen LogP contribution in [0.15, 0.2) is 73.2 Å². The number of hydrogen-bond acceptors (Lipinski definition) is 4. The molecule has 188 valence electrons. The van der Waals surface area contributed by atoms with Crippen LogP contribution in [0.3, 0.4) is 0 Å². The molecule has 0 saturated carbocycles. The Balaban J connectivity index is 1.41. The number of hydrogen-bond donors (Lipinski definition) is 1. The predicted octanol–water partition coefficient (Wildman–Crippen LogP) is 5.94. The summed E-state index contributed by atoms with van der Waals surface area (Å²) >= 11 is 0. The number of carbonyl (C=O) groups excluding carboxylic acids is 1. The first-order valence-corrected chi connectivity index (χ1v) is 11.7. The quantitative estimate of drug-likeness (QED) is 0.310. The van der Waals surface area contributed by atoms with Gasteiger partial charge in [-0.15, -0.1) is 0 Å². The molecule has 0 bridgehead atoms. The first kappa shape index (κ1) is 24.2. The second-order valence-electron chi connectivity index (χ2n) is 8.61. The van der Waals surface area contributed by atoms with Crippen LogP contribution in [-0.4, -0.2) is 30.5 Å². The average molecular weight is 505 g/mol. The molecule has 0 saturated heterocycles. The lowest BCUT2D eigenvalue weighted by molar-refractivity contribution is -0.137. The first-order valence-electron chi connectivity index (χ1n) is 11.7. The van der Waals surface area contributed by atoms with Crippen LogP contribution < -0.4 is 5.32 Å². The van der Waals surface area contributed by atoms with Gasteiger partial charge in [0.25, 0.3) is 5.91 Å². The van der Waals surface area contributed by atoms with Gasteiger partial charge in [0.2, 0.25) is 0 Å². The molecule has 0 aliphatic rings. The molecule has 7 nitrogen and oxygen atoms in total. The number of benzene rings is 2. The van der Waals surface area contributed by atoms with Crippen molar-refractivity contribution in [2.75, 3.05) is 5.32 Å². The second kappa shape index (κ2) is 9.53.